The number of carbonyl (C=O) groups is 1. The van der Waals surface area contributed by atoms with E-state index in [0.29, 0.717) is 6.07 Å². The molecular weight excluding hydrogens is 366 g/mol. The van der Waals surface area contributed by atoms with Gasteiger partial charge in [-0.05, 0) is 24.3 Å². The molecule has 9 heteroatoms. The number of benzene rings is 1. The Morgan fingerprint density at radius 2 is 1.73 bits per heavy atom. The van der Waals surface area contributed by atoms with Crippen molar-refractivity contribution in [3.63, 3.8) is 0 Å². The summed E-state index contributed by atoms with van der Waals surface area (Å²) in [6.45, 7) is 0. The van der Waals surface area contributed by atoms with Gasteiger partial charge in [-0.3, -0.25) is 0 Å². The molecule has 22 heavy (non-hydrogen) atoms. The summed E-state index contributed by atoms with van der Waals surface area (Å²) < 4.78 is 38.5. The van der Waals surface area contributed by atoms with E-state index in [4.69, 9.17) is 39.9 Å². The predicted molar refractivity (Wildman–Crippen MR) is 76.7 cm³/mol. The number of aromatic nitrogens is 1. The Balaban J connectivity index is 2.73. The molecule has 0 spiro atoms. The number of hydrogen-bond acceptors (Lipinski definition) is 2. The first-order chi connectivity index (χ1) is 10.1. The van der Waals surface area contributed by atoms with Crippen molar-refractivity contribution in [2.75, 3.05) is 0 Å². The van der Waals surface area contributed by atoms with Crippen LogP contribution in [0.1, 0.15) is 16.1 Å². The number of hydrogen-bond donors (Lipinski definition) is 1. The third kappa shape index (κ3) is 3.29. The molecule has 0 amide bonds. The summed E-state index contributed by atoms with van der Waals surface area (Å²) in [5.74, 6) is -1.52. The summed E-state index contributed by atoms with van der Waals surface area (Å²) in [6.07, 6.45) is -4.80. The van der Waals surface area contributed by atoms with Gasteiger partial charge in [0, 0.05) is 5.56 Å². The Morgan fingerprint density at radius 1 is 1.09 bits per heavy atom. The molecule has 3 nitrogen and oxygen atoms in total. The largest absolute Gasteiger partial charge is 0.478 e. The zero-order valence-corrected chi connectivity index (χ0v) is 12.6. The van der Waals surface area contributed by atoms with Crippen LogP contribution in [0.15, 0.2) is 24.3 Å². The number of carboxylic acids is 1. The zero-order chi connectivity index (χ0) is 16.7. The summed E-state index contributed by atoms with van der Waals surface area (Å²) in [5, 5.41) is 8.88. The van der Waals surface area contributed by atoms with Crippen LogP contribution in [0.25, 0.3) is 11.3 Å². The van der Waals surface area contributed by atoms with E-state index in [1.165, 1.54) is 12.1 Å². The maximum atomic E-state index is 12.8. The van der Waals surface area contributed by atoms with Crippen LogP contribution in [0.5, 0.6) is 0 Å². The van der Waals surface area contributed by atoms with Crippen molar-refractivity contribution in [2.45, 2.75) is 6.18 Å². The van der Waals surface area contributed by atoms with Crippen LogP contribution in [-0.4, -0.2) is 16.1 Å². The van der Waals surface area contributed by atoms with Gasteiger partial charge in [-0.15, -0.1) is 0 Å². The molecule has 0 unspecified atom stereocenters. The number of alkyl halides is 3. The van der Waals surface area contributed by atoms with Gasteiger partial charge >= 0.3 is 12.1 Å². The van der Waals surface area contributed by atoms with Gasteiger partial charge < -0.3 is 5.11 Å². The van der Waals surface area contributed by atoms with Crippen LogP contribution in [0, 0.1) is 0 Å². The van der Waals surface area contributed by atoms with Crippen LogP contribution >= 0.6 is 34.8 Å². The summed E-state index contributed by atoms with van der Waals surface area (Å²) in [6, 6.07) is 4.05. The van der Waals surface area contributed by atoms with Crippen molar-refractivity contribution in [1.82, 2.24) is 4.98 Å². The van der Waals surface area contributed by atoms with E-state index in [2.05, 4.69) is 4.98 Å². The van der Waals surface area contributed by atoms with Gasteiger partial charge in [-0.1, -0.05) is 34.8 Å². The number of nitrogens with zero attached hydrogens (tertiary/aromatic N) is 1. The molecule has 0 radical (unpaired) electrons. The van der Waals surface area contributed by atoms with Gasteiger partial charge in [0.05, 0.1) is 26.3 Å². The van der Waals surface area contributed by atoms with Crippen molar-refractivity contribution in [1.29, 1.82) is 0 Å². The molecule has 1 aromatic carbocycles. The monoisotopic (exact) mass is 369 g/mol. The summed E-state index contributed by atoms with van der Waals surface area (Å²) >= 11 is 17.5. The van der Waals surface area contributed by atoms with Crippen LogP contribution in [-0.2, 0) is 6.18 Å². The fourth-order valence-corrected chi connectivity index (χ4v) is 2.29. The number of aromatic carboxylic acids is 1. The van der Waals surface area contributed by atoms with Gasteiger partial charge in [-0.25, -0.2) is 9.78 Å². The lowest BCUT2D eigenvalue weighted by Gasteiger charge is -2.11. The minimum Gasteiger partial charge on any atom is -0.478 e. The van der Waals surface area contributed by atoms with Gasteiger partial charge in [0.25, 0.3) is 0 Å². The van der Waals surface area contributed by atoms with Crippen molar-refractivity contribution in [3.8, 4) is 11.3 Å². The molecule has 0 aliphatic heterocycles. The van der Waals surface area contributed by atoms with Crippen molar-refractivity contribution >= 4 is 40.8 Å². The normalized spacial score (nSPS) is 11.5. The van der Waals surface area contributed by atoms with E-state index in [0.717, 1.165) is 6.07 Å². The Hall–Kier alpha value is -1.50. The smallest absolute Gasteiger partial charge is 0.433 e. The predicted octanol–water partition coefficient (Wildman–Crippen LogP) is 5.43. The molecule has 2 aromatic rings. The van der Waals surface area contributed by atoms with Crippen LogP contribution in [0.4, 0.5) is 13.2 Å². The van der Waals surface area contributed by atoms with Crippen molar-refractivity contribution in [2.24, 2.45) is 0 Å². The first-order valence-corrected chi connectivity index (χ1v) is 6.71. The minimum atomic E-state index is -4.80. The Bertz CT molecular complexity index is 763. The van der Waals surface area contributed by atoms with E-state index >= 15 is 0 Å². The number of carboxylic acid groups (broad SMARTS) is 1. The number of rotatable bonds is 2. The standard InChI is InChI=1S/C13H5Cl3F3NO2/c14-7-2-1-6(10(15)11(7)16)8-3-5(12(21)22)4-9(20-8)13(17,18)19/h1-4H,(H,21,22). The van der Waals surface area contributed by atoms with Gasteiger partial charge in [0.2, 0.25) is 0 Å². The summed E-state index contributed by atoms with van der Waals surface area (Å²) in [4.78, 5) is 14.4. The van der Waals surface area contributed by atoms with E-state index < -0.39 is 23.4 Å². The first-order valence-electron chi connectivity index (χ1n) is 5.57. The maximum Gasteiger partial charge on any atom is 0.433 e. The first kappa shape index (κ1) is 16.9. The SMILES string of the molecule is O=C(O)c1cc(-c2ccc(Cl)c(Cl)c2Cl)nc(C(F)(F)F)c1. The Kier molecular flexibility index (Phi) is 4.56. The second-order valence-electron chi connectivity index (χ2n) is 4.15. The number of halogens is 6. The second kappa shape index (κ2) is 5.95. The summed E-state index contributed by atoms with van der Waals surface area (Å²) in [5.41, 5.74) is -2.13. The molecule has 1 aromatic heterocycles. The van der Waals surface area contributed by atoms with Crippen LogP contribution < -0.4 is 0 Å². The molecule has 0 fully saturated rings. The fraction of sp³-hybridized carbons (Fsp3) is 0.0769. The lowest BCUT2D eigenvalue weighted by Crippen LogP contribution is -2.11. The highest BCUT2D eigenvalue weighted by atomic mass is 35.5. The molecule has 0 aliphatic rings. The number of pyridine rings is 1. The lowest BCUT2D eigenvalue weighted by molar-refractivity contribution is -0.141. The van der Waals surface area contributed by atoms with E-state index in [9.17, 15) is 18.0 Å². The second-order valence-corrected chi connectivity index (χ2v) is 5.32. The van der Waals surface area contributed by atoms with Gasteiger partial charge in [0.1, 0.15) is 5.69 Å². The van der Waals surface area contributed by atoms with Crippen LogP contribution in [0.2, 0.25) is 15.1 Å². The molecule has 0 saturated carbocycles. The highest BCUT2D eigenvalue weighted by Crippen LogP contribution is 2.38. The molecule has 1 N–H and O–H groups in total. The van der Waals surface area contributed by atoms with Gasteiger partial charge in [-0.2, -0.15) is 13.2 Å². The zero-order valence-electron chi connectivity index (χ0n) is 10.4. The molecule has 0 aliphatic carbocycles. The maximum absolute atomic E-state index is 12.8. The minimum absolute atomic E-state index is 0.0460. The topological polar surface area (TPSA) is 50.2 Å². The van der Waals surface area contributed by atoms with E-state index in [1.807, 2.05) is 0 Å². The molecule has 116 valence electrons. The molecule has 0 atom stereocenters. The third-order valence-corrected chi connectivity index (χ3v) is 3.97. The molecule has 2 rings (SSSR count). The summed E-state index contributed by atoms with van der Waals surface area (Å²) in [7, 11) is 0. The Morgan fingerprint density at radius 3 is 2.27 bits per heavy atom. The van der Waals surface area contributed by atoms with Gasteiger partial charge in [0.15, 0.2) is 0 Å². The highest BCUT2D eigenvalue weighted by Gasteiger charge is 2.34. The molecule has 0 bridgehead atoms. The van der Waals surface area contributed by atoms with Crippen molar-refractivity contribution < 1.29 is 23.1 Å². The molecule has 1 heterocycles. The lowest BCUT2D eigenvalue weighted by atomic mass is 10.1. The molecule has 0 saturated heterocycles. The fourth-order valence-electron chi connectivity index (χ4n) is 1.66. The van der Waals surface area contributed by atoms with Crippen molar-refractivity contribution in [3.05, 3.63) is 50.6 Å². The third-order valence-electron chi connectivity index (χ3n) is 2.67. The average Bonchev–Trinajstić information content (AvgIpc) is 2.43. The quantitative estimate of drug-likeness (QED) is 0.718. The van der Waals surface area contributed by atoms with E-state index in [-0.39, 0.29) is 26.3 Å². The highest BCUT2D eigenvalue weighted by molar-refractivity contribution is 6.49. The van der Waals surface area contributed by atoms with E-state index in [1.54, 1.807) is 0 Å². The molecular formula is C13H5Cl3F3NO2. The average molecular weight is 371 g/mol. The Labute approximate surface area is 137 Å². The van der Waals surface area contributed by atoms with Crippen LogP contribution in [0.3, 0.4) is 0 Å².